The molecule has 160 valence electrons. The molecule has 0 unspecified atom stereocenters. The van der Waals surface area contributed by atoms with E-state index < -0.39 is 0 Å². The molecule has 3 heterocycles. The molecule has 7 heteroatoms. The first-order valence-corrected chi connectivity index (χ1v) is 11.3. The van der Waals surface area contributed by atoms with Crippen LogP contribution in [0, 0.1) is 0 Å². The van der Waals surface area contributed by atoms with Crippen LogP contribution in [0.4, 0.5) is 0 Å². The largest absolute Gasteiger partial charge is 0.454 e. The maximum Gasteiger partial charge on any atom is 0.211 e. The van der Waals surface area contributed by atoms with E-state index in [1.165, 1.54) is 4.70 Å². The first-order valence-electron chi connectivity index (χ1n) is 10.5. The second-order valence-corrected chi connectivity index (χ2v) is 8.63. The molecule has 0 spiro atoms. The van der Waals surface area contributed by atoms with Gasteiger partial charge in [0.25, 0.3) is 0 Å². The lowest BCUT2D eigenvalue weighted by Crippen LogP contribution is -2.08. The minimum atomic E-state index is 0.694. The lowest BCUT2D eigenvalue weighted by molar-refractivity contribution is 0.627. The van der Waals surface area contributed by atoms with Crippen LogP contribution in [-0.4, -0.2) is 20.6 Å². The average molecular weight is 450 g/mol. The maximum absolute atomic E-state index is 6.10. The number of thiazole rings is 1. The fourth-order valence-electron chi connectivity index (χ4n) is 3.80. The van der Waals surface area contributed by atoms with Crippen LogP contribution in [0.3, 0.4) is 0 Å². The predicted octanol–water partition coefficient (Wildman–Crippen LogP) is 5.77. The van der Waals surface area contributed by atoms with Gasteiger partial charge in [-0.25, -0.2) is 4.68 Å². The minimum Gasteiger partial charge on any atom is -0.454 e. The SMILES string of the molecule is Cn1/c(=N\N=C/c2cn(-c3ccccc3)nc2-c2cc3ccccc3o2)sc2ccccc21. The molecule has 0 radical (unpaired) electrons. The molecule has 0 aliphatic rings. The third-order valence-corrected chi connectivity index (χ3v) is 6.58. The van der Waals surface area contributed by atoms with Crippen molar-refractivity contribution in [1.82, 2.24) is 14.3 Å². The number of rotatable bonds is 4. The molecule has 0 aliphatic carbocycles. The molecule has 0 aliphatic heterocycles. The highest BCUT2D eigenvalue weighted by Crippen LogP contribution is 2.29. The highest BCUT2D eigenvalue weighted by atomic mass is 32.1. The van der Waals surface area contributed by atoms with E-state index >= 15 is 0 Å². The lowest BCUT2D eigenvalue weighted by Gasteiger charge is -1.98. The van der Waals surface area contributed by atoms with E-state index in [0.717, 1.165) is 38.2 Å². The van der Waals surface area contributed by atoms with E-state index in [-0.39, 0.29) is 0 Å². The molecule has 0 fully saturated rings. The van der Waals surface area contributed by atoms with Crippen LogP contribution in [0.15, 0.2) is 106 Å². The Morgan fingerprint density at radius 2 is 1.73 bits per heavy atom. The van der Waals surface area contributed by atoms with Gasteiger partial charge in [-0.2, -0.15) is 10.2 Å². The van der Waals surface area contributed by atoms with E-state index in [4.69, 9.17) is 9.52 Å². The van der Waals surface area contributed by atoms with Crippen molar-refractivity contribution in [2.24, 2.45) is 17.3 Å². The van der Waals surface area contributed by atoms with Crippen molar-refractivity contribution in [3.8, 4) is 17.1 Å². The Morgan fingerprint density at radius 1 is 0.939 bits per heavy atom. The topological polar surface area (TPSA) is 60.6 Å². The van der Waals surface area contributed by atoms with Crippen LogP contribution in [0.5, 0.6) is 0 Å². The first-order chi connectivity index (χ1) is 16.3. The summed E-state index contributed by atoms with van der Waals surface area (Å²) in [5.41, 5.74) is 4.46. The molecule has 0 atom stereocenters. The van der Waals surface area contributed by atoms with Crippen LogP contribution < -0.4 is 4.80 Å². The number of fused-ring (bicyclic) bond motifs is 2. The monoisotopic (exact) mass is 449 g/mol. The summed E-state index contributed by atoms with van der Waals surface area (Å²) in [5.74, 6) is 0.694. The Bertz CT molecular complexity index is 1650. The number of benzene rings is 3. The van der Waals surface area contributed by atoms with Gasteiger partial charge in [0, 0.05) is 24.2 Å². The van der Waals surface area contributed by atoms with E-state index in [0.29, 0.717) is 5.76 Å². The average Bonchev–Trinajstić information content (AvgIpc) is 3.55. The number of hydrogen-bond donors (Lipinski definition) is 0. The molecule has 6 rings (SSSR count). The highest BCUT2D eigenvalue weighted by molar-refractivity contribution is 7.16. The van der Waals surface area contributed by atoms with E-state index in [1.807, 2.05) is 95.3 Å². The van der Waals surface area contributed by atoms with Crippen molar-refractivity contribution >= 4 is 38.7 Å². The second-order valence-electron chi connectivity index (χ2n) is 7.62. The zero-order chi connectivity index (χ0) is 22.2. The molecule has 3 aromatic heterocycles. The van der Waals surface area contributed by atoms with Crippen molar-refractivity contribution in [3.63, 3.8) is 0 Å². The van der Waals surface area contributed by atoms with Crippen LogP contribution in [0.25, 0.3) is 38.3 Å². The van der Waals surface area contributed by atoms with Gasteiger partial charge in [0.15, 0.2) is 5.76 Å². The Hall–Kier alpha value is -4.23. The molecule has 6 nitrogen and oxygen atoms in total. The van der Waals surface area contributed by atoms with Gasteiger partial charge >= 0.3 is 0 Å². The molecule has 0 amide bonds. The van der Waals surface area contributed by atoms with Crippen molar-refractivity contribution in [2.75, 3.05) is 0 Å². The van der Waals surface area contributed by atoms with E-state index in [9.17, 15) is 0 Å². The van der Waals surface area contributed by atoms with Crippen molar-refractivity contribution in [1.29, 1.82) is 0 Å². The fourth-order valence-corrected chi connectivity index (χ4v) is 4.78. The summed E-state index contributed by atoms with van der Waals surface area (Å²) < 4.78 is 11.2. The molecule has 0 N–H and O–H groups in total. The summed E-state index contributed by atoms with van der Waals surface area (Å²) in [6.45, 7) is 0. The standard InChI is InChI=1S/C26H19N5OS/c1-30-21-12-6-8-14-24(21)33-26(30)28-27-16-19-17-31(20-10-3-2-4-11-20)29-25(19)23-15-18-9-5-7-13-22(18)32-23/h2-17H,1H3/b27-16-,28-26+. The summed E-state index contributed by atoms with van der Waals surface area (Å²) in [6, 6.07) is 28.2. The molecule has 33 heavy (non-hydrogen) atoms. The van der Waals surface area contributed by atoms with Crippen LogP contribution in [-0.2, 0) is 7.05 Å². The van der Waals surface area contributed by atoms with Gasteiger partial charge in [0.05, 0.1) is 22.1 Å². The molecule has 0 bridgehead atoms. The maximum atomic E-state index is 6.10. The molecular formula is C26H19N5OS. The first kappa shape index (κ1) is 19.5. The third-order valence-electron chi connectivity index (χ3n) is 5.48. The van der Waals surface area contributed by atoms with Crippen molar-refractivity contribution in [2.45, 2.75) is 0 Å². The van der Waals surface area contributed by atoms with Crippen LogP contribution >= 0.6 is 11.3 Å². The van der Waals surface area contributed by atoms with Gasteiger partial charge in [-0.15, -0.1) is 5.10 Å². The Kier molecular flexibility index (Phi) is 4.74. The number of furan rings is 1. The van der Waals surface area contributed by atoms with Gasteiger partial charge < -0.3 is 8.98 Å². The Labute approximate surface area is 193 Å². The van der Waals surface area contributed by atoms with Crippen LogP contribution in [0.2, 0.25) is 0 Å². The van der Waals surface area contributed by atoms with Crippen molar-refractivity contribution < 1.29 is 4.42 Å². The predicted molar refractivity (Wildman–Crippen MR) is 133 cm³/mol. The quantitative estimate of drug-likeness (QED) is 0.253. The van der Waals surface area contributed by atoms with Gasteiger partial charge in [-0.05, 0) is 36.4 Å². The molecule has 3 aromatic carbocycles. The number of aryl methyl sites for hydroxylation is 1. The summed E-state index contributed by atoms with van der Waals surface area (Å²) in [4.78, 5) is 0.827. The lowest BCUT2D eigenvalue weighted by atomic mass is 10.2. The van der Waals surface area contributed by atoms with Gasteiger partial charge in [0.1, 0.15) is 11.3 Å². The number of aromatic nitrogens is 3. The van der Waals surface area contributed by atoms with E-state index in [2.05, 4.69) is 22.3 Å². The molecule has 0 saturated carbocycles. The number of nitrogens with zero attached hydrogens (tertiary/aromatic N) is 5. The van der Waals surface area contributed by atoms with Gasteiger partial charge in [-0.1, -0.05) is 59.9 Å². The normalized spacial score (nSPS) is 12.5. The Morgan fingerprint density at radius 3 is 2.58 bits per heavy atom. The van der Waals surface area contributed by atoms with Gasteiger partial charge in [0.2, 0.25) is 4.80 Å². The van der Waals surface area contributed by atoms with E-state index in [1.54, 1.807) is 17.6 Å². The molecule has 6 aromatic rings. The summed E-state index contributed by atoms with van der Waals surface area (Å²) in [7, 11) is 2.00. The molecule has 0 saturated heterocycles. The minimum absolute atomic E-state index is 0.694. The molecular weight excluding hydrogens is 430 g/mol. The highest BCUT2D eigenvalue weighted by Gasteiger charge is 2.15. The Balaban J connectivity index is 1.45. The smallest absolute Gasteiger partial charge is 0.211 e. The van der Waals surface area contributed by atoms with Crippen LogP contribution in [0.1, 0.15) is 5.56 Å². The zero-order valence-corrected chi connectivity index (χ0v) is 18.6. The summed E-state index contributed by atoms with van der Waals surface area (Å²) >= 11 is 1.61. The zero-order valence-electron chi connectivity index (χ0n) is 17.8. The summed E-state index contributed by atoms with van der Waals surface area (Å²) in [5, 5.41) is 14.7. The fraction of sp³-hybridized carbons (Fsp3) is 0.0385. The number of para-hydroxylation sites is 3. The summed E-state index contributed by atoms with van der Waals surface area (Å²) in [6.07, 6.45) is 3.68. The third kappa shape index (κ3) is 3.58. The second kappa shape index (κ2) is 8.03. The van der Waals surface area contributed by atoms with Crippen molar-refractivity contribution in [3.05, 3.63) is 101 Å². The number of hydrogen-bond acceptors (Lipinski definition) is 5. The van der Waals surface area contributed by atoms with Gasteiger partial charge in [-0.3, -0.25) is 0 Å².